The minimum atomic E-state index is -0.0415. The van der Waals surface area contributed by atoms with E-state index in [4.69, 9.17) is 22.1 Å². The van der Waals surface area contributed by atoms with Crippen LogP contribution in [0.1, 0.15) is 26.3 Å². The summed E-state index contributed by atoms with van der Waals surface area (Å²) in [5.74, 6) is 0. The Morgan fingerprint density at radius 3 is 2.30 bits per heavy atom. The summed E-state index contributed by atoms with van der Waals surface area (Å²) in [7, 11) is 0. The van der Waals surface area contributed by atoms with Crippen LogP contribution in [0.4, 0.5) is 0 Å². The molecule has 1 aliphatic heterocycles. The molecule has 1 fully saturated rings. The summed E-state index contributed by atoms with van der Waals surface area (Å²) < 4.78 is 5.82. The van der Waals surface area contributed by atoms with Crippen LogP contribution in [0.15, 0.2) is 24.3 Å². The van der Waals surface area contributed by atoms with Gasteiger partial charge in [0.15, 0.2) is 0 Å². The van der Waals surface area contributed by atoms with Crippen LogP contribution >= 0.6 is 11.6 Å². The summed E-state index contributed by atoms with van der Waals surface area (Å²) in [6.07, 6.45) is 1.45. The molecule has 2 rings (SSSR count). The monoisotopic (exact) mass is 296 g/mol. The Morgan fingerprint density at radius 2 is 1.80 bits per heavy atom. The second-order valence-electron chi connectivity index (χ2n) is 6.17. The van der Waals surface area contributed by atoms with E-state index in [9.17, 15) is 0 Å². The third-order valence-electron chi connectivity index (χ3n) is 4.12. The highest BCUT2D eigenvalue weighted by atomic mass is 35.5. The molecule has 4 heteroatoms. The molecule has 1 aromatic carbocycles. The third kappa shape index (κ3) is 3.73. The van der Waals surface area contributed by atoms with Gasteiger partial charge in [0.2, 0.25) is 0 Å². The number of morpholine rings is 1. The summed E-state index contributed by atoms with van der Waals surface area (Å²) in [6.45, 7) is 9.00. The smallest absolute Gasteiger partial charge is 0.0678 e. The van der Waals surface area contributed by atoms with E-state index >= 15 is 0 Å². The van der Waals surface area contributed by atoms with E-state index < -0.39 is 0 Å². The fourth-order valence-corrected chi connectivity index (χ4v) is 3.10. The van der Waals surface area contributed by atoms with Crippen LogP contribution in [0.3, 0.4) is 0 Å². The fraction of sp³-hybridized carbons (Fsp3) is 0.625. The second kappa shape index (κ2) is 6.44. The molecule has 20 heavy (non-hydrogen) atoms. The zero-order chi connectivity index (χ0) is 14.8. The Bertz CT molecular complexity index is 427. The number of benzene rings is 1. The van der Waals surface area contributed by atoms with Crippen molar-refractivity contribution in [3.8, 4) is 0 Å². The van der Waals surface area contributed by atoms with Gasteiger partial charge in [0, 0.05) is 30.2 Å². The minimum Gasteiger partial charge on any atom is -0.373 e. The van der Waals surface area contributed by atoms with Crippen molar-refractivity contribution >= 4 is 11.6 Å². The molecule has 0 aromatic heterocycles. The molecule has 0 bridgehead atoms. The summed E-state index contributed by atoms with van der Waals surface area (Å²) in [5, 5.41) is 0.775. The van der Waals surface area contributed by atoms with Gasteiger partial charge in [0.25, 0.3) is 0 Å². The first kappa shape index (κ1) is 15.8. The number of rotatable bonds is 4. The van der Waals surface area contributed by atoms with Gasteiger partial charge >= 0.3 is 0 Å². The highest BCUT2D eigenvalue weighted by Crippen LogP contribution is 2.25. The lowest BCUT2D eigenvalue weighted by Gasteiger charge is -2.46. The fourth-order valence-electron chi connectivity index (χ4n) is 2.97. The molecule has 3 unspecified atom stereocenters. The van der Waals surface area contributed by atoms with E-state index in [2.05, 4.69) is 37.8 Å². The van der Waals surface area contributed by atoms with Crippen molar-refractivity contribution in [1.82, 2.24) is 4.90 Å². The standard InChI is InChI=1S/C16H25ClN2O/c1-12-9-19(10-13(2)20-12)16(3,11-18)8-14-4-6-15(17)7-5-14/h4-7,12-13H,8-11,18H2,1-3H3. The first-order valence-electron chi connectivity index (χ1n) is 7.28. The lowest BCUT2D eigenvalue weighted by molar-refractivity contribution is -0.0972. The molecule has 1 aromatic rings. The lowest BCUT2D eigenvalue weighted by atomic mass is 9.89. The van der Waals surface area contributed by atoms with Crippen molar-refractivity contribution in [2.45, 2.75) is 44.9 Å². The van der Waals surface area contributed by atoms with Crippen molar-refractivity contribution in [2.24, 2.45) is 5.73 Å². The number of ether oxygens (including phenoxy) is 1. The third-order valence-corrected chi connectivity index (χ3v) is 4.37. The Kier molecular flexibility index (Phi) is 5.08. The van der Waals surface area contributed by atoms with Gasteiger partial charge in [-0.3, -0.25) is 4.90 Å². The van der Waals surface area contributed by atoms with Crippen LogP contribution in [-0.2, 0) is 11.2 Å². The molecule has 1 heterocycles. The predicted octanol–water partition coefficient (Wildman–Crippen LogP) is 2.71. The maximum atomic E-state index is 6.10. The Labute approximate surface area is 127 Å². The van der Waals surface area contributed by atoms with E-state index in [1.54, 1.807) is 0 Å². The molecule has 3 atom stereocenters. The van der Waals surface area contributed by atoms with Crippen molar-refractivity contribution in [3.63, 3.8) is 0 Å². The van der Waals surface area contributed by atoms with E-state index in [1.807, 2.05) is 12.1 Å². The van der Waals surface area contributed by atoms with Gasteiger partial charge in [-0.15, -0.1) is 0 Å². The highest BCUT2D eigenvalue weighted by molar-refractivity contribution is 6.30. The molecule has 0 radical (unpaired) electrons. The molecule has 0 saturated carbocycles. The Morgan fingerprint density at radius 1 is 1.25 bits per heavy atom. The summed E-state index contributed by atoms with van der Waals surface area (Å²) in [5.41, 5.74) is 7.33. The van der Waals surface area contributed by atoms with Crippen molar-refractivity contribution in [1.29, 1.82) is 0 Å². The summed E-state index contributed by atoms with van der Waals surface area (Å²) in [4.78, 5) is 2.47. The number of hydrogen-bond acceptors (Lipinski definition) is 3. The van der Waals surface area contributed by atoms with Crippen LogP contribution < -0.4 is 5.73 Å². The zero-order valence-corrected chi connectivity index (χ0v) is 13.4. The largest absolute Gasteiger partial charge is 0.373 e. The van der Waals surface area contributed by atoms with Gasteiger partial charge in [0.1, 0.15) is 0 Å². The molecule has 0 amide bonds. The van der Waals surface area contributed by atoms with Gasteiger partial charge in [-0.1, -0.05) is 23.7 Å². The maximum Gasteiger partial charge on any atom is 0.0678 e. The quantitative estimate of drug-likeness (QED) is 0.928. The number of nitrogens with zero attached hydrogens (tertiary/aromatic N) is 1. The van der Waals surface area contributed by atoms with E-state index in [1.165, 1.54) is 5.56 Å². The number of nitrogens with two attached hydrogens (primary N) is 1. The van der Waals surface area contributed by atoms with Crippen molar-refractivity contribution in [2.75, 3.05) is 19.6 Å². The number of halogens is 1. The minimum absolute atomic E-state index is 0.0415. The van der Waals surface area contributed by atoms with Gasteiger partial charge in [-0.2, -0.15) is 0 Å². The summed E-state index contributed by atoms with van der Waals surface area (Å²) in [6, 6.07) is 8.06. The molecule has 2 N–H and O–H groups in total. The number of hydrogen-bond donors (Lipinski definition) is 1. The molecule has 1 saturated heterocycles. The first-order chi connectivity index (χ1) is 9.43. The van der Waals surface area contributed by atoms with Crippen molar-refractivity contribution < 1.29 is 4.74 Å². The predicted molar refractivity (Wildman–Crippen MR) is 84.2 cm³/mol. The average Bonchev–Trinajstić information content (AvgIpc) is 2.40. The van der Waals surface area contributed by atoms with Gasteiger partial charge < -0.3 is 10.5 Å². The normalized spacial score (nSPS) is 27.2. The molecular weight excluding hydrogens is 272 g/mol. The zero-order valence-electron chi connectivity index (χ0n) is 12.6. The highest BCUT2D eigenvalue weighted by Gasteiger charge is 2.35. The lowest BCUT2D eigenvalue weighted by Crippen LogP contribution is -2.60. The SMILES string of the molecule is CC1CN(C(C)(CN)Cc2ccc(Cl)cc2)CC(C)O1. The topological polar surface area (TPSA) is 38.5 Å². The Hall–Kier alpha value is -0.610. The molecule has 0 aliphatic carbocycles. The van der Waals surface area contributed by atoms with Crippen LogP contribution in [-0.4, -0.2) is 42.3 Å². The van der Waals surface area contributed by atoms with Gasteiger partial charge in [-0.25, -0.2) is 0 Å². The van der Waals surface area contributed by atoms with Crippen LogP contribution in [0.25, 0.3) is 0 Å². The molecule has 112 valence electrons. The molecule has 3 nitrogen and oxygen atoms in total. The molecule has 1 aliphatic rings. The van der Waals surface area contributed by atoms with E-state index in [-0.39, 0.29) is 17.7 Å². The van der Waals surface area contributed by atoms with E-state index in [0.717, 1.165) is 24.5 Å². The van der Waals surface area contributed by atoms with Crippen LogP contribution in [0.5, 0.6) is 0 Å². The van der Waals surface area contributed by atoms with Gasteiger partial charge in [-0.05, 0) is 44.9 Å². The van der Waals surface area contributed by atoms with Crippen molar-refractivity contribution in [3.05, 3.63) is 34.9 Å². The van der Waals surface area contributed by atoms with E-state index in [0.29, 0.717) is 6.54 Å². The maximum absolute atomic E-state index is 6.10. The molecular formula is C16H25ClN2O. The van der Waals surface area contributed by atoms with Crippen LogP contribution in [0, 0.1) is 0 Å². The van der Waals surface area contributed by atoms with Gasteiger partial charge in [0.05, 0.1) is 12.2 Å². The Balaban J connectivity index is 2.13. The first-order valence-corrected chi connectivity index (χ1v) is 7.66. The second-order valence-corrected chi connectivity index (χ2v) is 6.60. The van der Waals surface area contributed by atoms with Crippen LogP contribution in [0.2, 0.25) is 5.02 Å². The summed E-state index contributed by atoms with van der Waals surface area (Å²) >= 11 is 5.95. The average molecular weight is 297 g/mol. The molecule has 0 spiro atoms.